The van der Waals surface area contributed by atoms with Gasteiger partial charge in [0.25, 0.3) is 5.91 Å². The number of rotatable bonds is 4. The number of aryl methyl sites for hydroxylation is 1. The van der Waals surface area contributed by atoms with Gasteiger partial charge in [0.15, 0.2) is 0 Å². The van der Waals surface area contributed by atoms with Gasteiger partial charge in [-0.05, 0) is 37.3 Å². The van der Waals surface area contributed by atoms with E-state index in [4.69, 9.17) is 0 Å². The number of carbonyl (C=O) groups is 1. The number of sulfonamides is 1. The van der Waals surface area contributed by atoms with Crippen molar-refractivity contribution in [1.29, 1.82) is 0 Å². The van der Waals surface area contributed by atoms with Crippen molar-refractivity contribution in [2.45, 2.75) is 11.8 Å². The number of hydrogen-bond acceptors (Lipinski definition) is 3. The van der Waals surface area contributed by atoms with Crippen LogP contribution in [0.5, 0.6) is 0 Å². The fraction of sp³-hybridized carbons (Fsp3) is 0.188. The molecule has 0 aliphatic heterocycles. The van der Waals surface area contributed by atoms with E-state index in [2.05, 4.69) is 5.32 Å². The quantitative estimate of drug-likeness (QED) is 0.942. The highest BCUT2D eigenvalue weighted by Crippen LogP contribution is 2.16. The molecule has 2 aromatic rings. The lowest BCUT2D eigenvalue weighted by Crippen LogP contribution is -2.22. The van der Waals surface area contributed by atoms with Gasteiger partial charge in [-0.1, -0.05) is 23.8 Å². The minimum atomic E-state index is -3.56. The highest BCUT2D eigenvalue weighted by molar-refractivity contribution is 7.89. The van der Waals surface area contributed by atoms with Crippen LogP contribution in [0.2, 0.25) is 0 Å². The van der Waals surface area contributed by atoms with Crippen molar-refractivity contribution in [2.24, 2.45) is 0 Å². The second-order valence-corrected chi connectivity index (χ2v) is 7.29. The fourth-order valence-corrected chi connectivity index (χ4v) is 2.80. The zero-order valence-electron chi connectivity index (χ0n) is 12.7. The van der Waals surface area contributed by atoms with Crippen LogP contribution in [0.3, 0.4) is 0 Å². The molecule has 1 amide bonds. The van der Waals surface area contributed by atoms with Crippen molar-refractivity contribution in [3.63, 3.8) is 0 Å². The second kappa shape index (κ2) is 6.29. The van der Waals surface area contributed by atoms with Gasteiger partial charge in [0.05, 0.1) is 4.90 Å². The van der Waals surface area contributed by atoms with Crippen LogP contribution in [0.1, 0.15) is 15.9 Å². The third-order valence-corrected chi connectivity index (χ3v) is 5.00. The van der Waals surface area contributed by atoms with E-state index in [1.165, 1.54) is 26.2 Å². The van der Waals surface area contributed by atoms with Crippen molar-refractivity contribution in [1.82, 2.24) is 4.31 Å². The maximum atomic E-state index is 12.2. The summed E-state index contributed by atoms with van der Waals surface area (Å²) in [5.74, 6) is -0.348. The fourth-order valence-electron chi connectivity index (χ4n) is 1.85. The van der Waals surface area contributed by atoms with Gasteiger partial charge in [0.2, 0.25) is 10.0 Å². The standard InChI is InChI=1S/C16H18N2O3S/c1-12-7-9-14(10-8-12)17-16(19)13-5-4-6-15(11-13)22(20,21)18(2)3/h4-11H,1-3H3,(H,17,19). The van der Waals surface area contributed by atoms with Gasteiger partial charge in [-0.15, -0.1) is 0 Å². The molecule has 22 heavy (non-hydrogen) atoms. The molecule has 2 aromatic carbocycles. The van der Waals surface area contributed by atoms with Gasteiger partial charge >= 0.3 is 0 Å². The van der Waals surface area contributed by atoms with Gasteiger partial charge in [0.1, 0.15) is 0 Å². The summed E-state index contributed by atoms with van der Waals surface area (Å²) in [6.45, 7) is 1.96. The summed E-state index contributed by atoms with van der Waals surface area (Å²) >= 11 is 0. The number of amides is 1. The number of nitrogens with zero attached hydrogens (tertiary/aromatic N) is 1. The summed E-state index contributed by atoms with van der Waals surface area (Å²) in [5, 5.41) is 2.75. The number of anilines is 1. The van der Waals surface area contributed by atoms with Crippen LogP contribution in [-0.4, -0.2) is 32.7 Å². The minimum Gasteiger partial charge on any atom is -0.322 e. The molecule has 0 radical (unpaired) electrons. The number of carbonyl (C=O) groups excluding carboxylic acids is 1. The van der Waals surface area contributed by atoms with Gasteiger partial charge in [0, 0.05) is 25.3 Å². The van der Waals surface area contributed by atoms with Gasteiger partial charge in [-0.3, -0.25) is 4.79 Å². The van der Waals surface area contributed by atoms with Crippen molar-refractivity contribution >= 4 is 21.6 Å². The highest BCUT2D eigenvalue weighted by atomic mass is 32.2. The molecule has 0 heterocycles. The first kappa shape index (κ1) is 16.2. The first-order valence-electron chi connectivity index (χ1n) is 6.71. The Balaban J connectivity index is 2.26. The van der Waals surface area contributed by atoms with Crippen LogP contribution < -0.4 is 5.32 Å². The molecular weight excluding hydrogens is 300 g/mol. The van der Waals surface area contributed by atoms with Gasteiger partial charge < -0.3 is 5.32 Å². The predicted molar refractivity (Wildman–Crippen MR) is 86.4 cm³/mol. The lowest BCUT2D eigenvalue weighted by molar-refractivity contribution is 0.102. The van der Waals surface area contributed by atoms with Crippen LogP contribution in [0, 0.1) is 6.92 Å². The molecule has 0 unspecified atom stereocenters. The Morgan fingerprint density at radius 1 is 1.05 bits per heavy atom. The molecule has 0 bridgehead atoms. The molecule has 116 valence electrons. The first-order chi connectivity index (χ1) is 10.3. The third-order valence-electron chi connectivity index (χ3n) is 3.18. The van der Waals surface area contributed by atoms with E-state index >= 15 is 0 Å². The summed E-state index contributed by atoms with van der Waals surface area (Å²) in [4.78, 5) is 12.3. The Morgan fingerprint density at radius 2 is 1.68 bits per heavy atom. The Kier molecular flexibility index (Phi) is 4.63. The highest BCUT2D eigenvalue weighted by Gasteiger charge is 2.18. The third kappa shape index (κ3) is 3.52. The molecule has 0 aliphatic carbocycles. The van der Waals surface area contributed by atoms with Crippen molar-refractivity contribution < 1.29 is 13.2 Å². The topological polar surface area (TPSA) is 66.5 Å². The maximum absolute atomic E-state index is 12.2. The normalized spacial score (nSPS) is 11.5. The van der Waals surface area contributed by atoms with Gasteiger partial charge in [-0.2, -0.15) is 0 Å². The predicted octanol–water partition coefficient (Wildman–Crippen LogP) is 2.50. The summed E-state index contributed by atoms with van der Waals surface area (Å²) in [6, 6.07) is 13.4. The minimum absolute atomic E-state index is 0.0917. The first-order valence-corrected chi connectivity index (χ1v) is 8.15. The molecular formula is C16H18N2O3S. The van der Waals surface area contributed by atoms with Crippen molar-refractivity contribution in [3.8, 4) is 0 Å². The molecule has 6 heteroatoms. The Bertz CT molecular complexity index is 781. The van der Waals surface area contributed by atoms with E-state index in [1.807, 2.05) is 19.1 Å². The zero-order valence-corrected chi connectivity index (χ0v) is 13.5. The summed E-state index contributed by atoms with van der Waals surface area (Å²) in [6.07, 6.45) is 0. The maximum Gasteiger partial charge on any atom is 0.255 e. The Hall–Kier alpha value is -2.18. The molecule has 5 nitrogen and oxygen atoms in total. The molecule has 0 aromatic heterocycles. The lowest BCUT2D eigenvalue weighted by Gasteiger charge is -2.12. The molecule has 0 atom stereocenters. The second-order valence-electron chi connectivity index (χ2n) is 5.14. The summed E-state index contributed by atoms with van der Waals surface area (Å²) < 4.78 is 25.3. The Labute approximate surface area is 130 Å². The van der Waals surface area contributed by atoms with Crippen LogP contribution in [0.15, 0.2) is 53.4 Å². The lowest BCUT2D eigenvalue weighted by atomic mass is 10.2. The van der Waals surface area contributed by atoms with Crippen LogP contribution in [0.4, 0.5) is 5.69 Å². The molecule has 0 saturated carbocycles. The number of nitrogens with one attached hydrogen (secondary N) is 1. The zero-order chi connectivity index (χ0) is 16.3. The average molecular weight is 318 g/mol. The molecule has 0 fully saturated rings. The Morgan fingerprint density at radius 3 is 2.27 bits per heavy atom. The van der Waals surface area contributed by atoms with Crippen molar-refractivity contribution in [3.05, 3.63) is 59.7 Å². The number of hydrogen-bond donors (Lipinski definition) is 1. The molecule has 0 aliphatic rings. The van der Waals surface area contributed by atoms with E-state index in [-0.39, 0.29) is 10.8 Å². The number of benzene rings is 2. The summed E-state index contributed by atoms with van der Waals surface area (Å²) in [5.41, 5.74) is 2.05. The van der Waals surface area contributed by atoms with E-state index < -0.39 is 10.0 Å². The van der Waals surface area contributed by atoms with Gasteiger partial charge in [-0.25, -0.2) is 12.7 Å². The smallest absolute Gasteiger partial charge is 0.255 e. The monoisotopic (exact) mass is 318 g/mol. The average Bonchev–Trinajstić information content (AvgIpc) is 2.49. The van der Waals surface area contributed by atoms with E-state index in [1.54, 1.807) is 24.3 Å². The molecule has 0 spiro atoms. The summed E-state index contributed by atoms with van der Waals surface area (Å²) in [7, 11) is -0.653. The SMILES string of the molecule is Cc1ccc(NC(=O)c2cccc(S(=O)(=O)N(C)C)c2)cc1. The van der Waals surface area contributed by atoms with Crippen molar-refractivity contribution in [2.75, 3.05) is 19.4 Å². The largest absolute Gasteiger partial charge is 0.322 e. The van der Waals surface area contributed by atoms with E-state index in [0.29, 0.717) is 11.3 Å². The van der Waals surface area contributed by atoms with E-state index in [0.717, 1.165) is 9.87 Å². The molecule has 2 rings (SSSR count). The van der Waals surface area contributed by atoms with Crippen LogP contribution in [-0.2, 0) is 10.0 Å². The molecule has 0 saturated heterocycles. The van der Waals surface area contributed by atoms with Crippen LogP contribution >= 0.6 is 0 Å². The van der Waals surface area contributed by atoms with Crippen LogP contribution in [0.25, 0.3) is 0 Å². The molecule has 1 N–H and O–H groups in total. The van der Waals surface area contributed by atoms with E-state index in [9.17, 15) is 13.2 Å².